The van der Waals surface area contributed by atoms with Crippen LogP contribution >= 0.6 is 0 Å². The molecule has 0 radical (unpaired) electrons. The van der Waals surface area contributed by atoms with E-state index in [2.05, 4.69) is 25.1 Å². The van der Waals surface area contributed by atoms with Crippen molar-refractivity contribution in [3.8, 4) is 5.75 Å². The molecule has 0 fully saturated rings. The van der Waals surface area contributed by atoms with Gasteiger partial charge in [-0.05, 0) is 31.0 Å². The Morgan fingerprint density at radius 2 is 2.15 bits per heavy atom. The molecule has 0 aliphatic carbocycles. The van der Waals surface area contributed by atoms with Crippen molar-refractivity contribution in [3.05, 3.63) is 35.4 Å². The lowest BCUT2D eigenvalue weighted by Gasteiger charge is -2.06. The van der Waals surface area contributed by atoms with E-state index in [1.165, 1.54) is 5.56 Å². The smallest absolute Gasteiger partial charge is 0.126 e. The van der Waals surface area contributed by atoms with Crippen molar-refractivity contribution < 1.29 is 4.74 Å². The summed E-state index contributed by atoms with van der Waals surface area (Å²) in [6.45, 7) is 4.17. The highest BCUT2D eigenvalue weighted by Gasteiger charge is 1.99. The molecule has 1 rings (SSSR count). The quantitative estimate of drug-likeness (QED) is 0.686. The molecule has 0 aromatic heterocycles. The zero-order valence-electron chi connectivity index (χ0n) is 8.50. The molecule has 0 amide bonds. The van der Waals surface area contributed by atoms with E-state index in [-0.39, 0.29) is 0 Å². The second-order valence-corrected chi connectivity index (χ2v) is 2.93. The molecule has 1 nitrogen and oxygen atoms in total. The maximum atomic E-state index is 5.25. The Kier molecular flexibility index (Phi) is 3.56. The van der Waals surface area contributed by atoms with Crippen molar-refractivity contribution in [2.45, 2.75) is 20.3 Å². The molecule has 70 valence electrons. The first kappa shape index (κ1) is 9.85. The molecular weight excluding hydrogens is 160 g/mol. The van der Waals surface area contributed by atoms with Gasteiger partial charge in [0.15, 0.2) is 0 Å². The first-order valence-corrected chi connectivity index (χ1v) is 4.61. The minimum absolute atomic E-state index is 0.940. The molecule has 1 aromatic carbocycles. The zero-order valence-corrected chi connectivity index (χ0v) is 8.50. The second kappa shape index (κ2) is 4.70. The Balaban J connectivity index is 3.09. The third kappa shape index (κ3) is 2.35. The van der Waals surface area contributed by atoms with Crippen LogP contribution in [0.4, 0.5) is 0 Å². The SMILES string of the molecule is CC=Cc1cc(CC)ccc1OC. The van der Waals surface area contributed by atoms with Crippen molar-refractivity contribution in [1.82, 2.24) is 0 Å². The predicted molar refractivity (Wildman–Crippen MR) is 57.1 cm³/mol. The number of rotatable bonds is 3. The molecule has 0 saturated carbocycles. The van der Waals surface area contributed by atoms with Crippen LogP contribution in [-0.4, -0.2) is 7.11 Å². The average molecular weight is 176 g/mol. The summed E-state index contributed by atoms with van der Waals surface area (Å²) in [5.41, 5.74) is 2.50. The fraction of sp³-hybridized carbons (Fsp3) is 0.333. The monoisotopic (exact) mass is 176 g/mol. The number of hydrogen-bond acceptors (Lipinski definition) is 1. The zero-order chi connectivity index (χ0) is 9.68. The molecule has 0 saturated heterocycles. The van der Waals surface area contributed by atoms with Crippen LogP contribution in [-0.2, 0) is 6.42 Å². The Hall–Kier alpha value is -1.24. The maximum absolute atomic E-state index is 5.25. The highest BCUT2D eigenvalue weighted by molar-refractivity contribution is 5.58. The highest BCUT2D eigenvalue weighted by atomic mass is 16.5. The summed E-state index contributed by atoms with van der Waals surface area (Å²) in [4.78, 5) is 0. The van der Waals surface area contributed by atoms with Crippen LogP contribution in [0, 0.1) is 0 Å². The van der Waals surface area contributed by atoms with E-state index in [0.29, 0.717) is 0 Å². The van der Waals surface area contributed by atoms with Gasteiger partial charge in [0, 0.05) is 5.56 Å². The molecule has 0 aliphatic heterocycles. The van der Waals surface area contributed by atoms with Crippen LogP contribution < -0.4 is 4.74 Å². The maximum Gasteiger partial charge on any atom is 0.126 e. The van der Waals surface area contributed by atoms with E-state index in [9.17, 15) is 0 Å². The van der Waals surface area contributed by atoms with Crippen molar-refractivity contribution >= 4 is 6.08 Å². The standard InChI is InChI=1S/C12H16O/c1-4-6-11-9-10(5-2)7-8-12(11)13-3/h4,6-9H,5H2,1-3H3. The first-order valence-electron chi connectivity index (χ1n) is 4.61. The van der Waals surface area contributed by atoms with Crippen LogP contribution in [0.1, 0.15) is 25.0 Å². The van der Waals surface area contributed by atoms with Crippen LogP contribution in [0.5, 0.6) is 5.75 Å². The van der Waals surface area contributed by atoms with E-state index in [1.54, 1.807) is 7.11 Å². The van der Waals surface area contributed by atoms with E-state index >= 15 is 0 Å². The normalized spacial score (nSPS) is 10.7. The van der Waals surface area contributed by atoms with E-state index in [4.69, 9.17) is 4.74 Å². The average Bonchev–Trinajstić information content (AvgIpc) is 2.18. The number of methoxy groups -OCH3 is 1. The summed E-state index contributed by atoms with van der Waals surface area (Å²) in [6.07, 6.45) is 5.16. The topological polar surface area (TPSA) is 9.23 Å². The summed E-state index contributed by atoms with van der Waals surface area (Å²) in [6, 6.07) is 6.29. The van der Waals surface area contributed by atoms with Gasteiger partial charge in [0.05, 0.1) is 7.11 Å². The fourth-order valence-corrected chi connectivity index (χ4v) is 1.31. The highest BCUT2D eigenvalue weighted by Crippen LogP contribution is 2.21. The van der Waals surface area contributed by atoms with Crippen molar-refractivity contribution in [2.24, 2.45) is 0 Å². The van der Waals surface area contributed by atoms with Crippen LogP contribution in [0.2, 0.25) is 0 Å². The largest absolute Gasteiger partial charge is 0.496 e. The van der Waals surface area contributed by atoms with Crippen LogP contribution in [0.3, 0.4) is 0 Å². The Morgan fingerprint density at radius 1 is 1.38 bits per heavy atom. The summed E-state index contributed by atoms with van der Waals surface area (Å²) < 4.78 is 5.25. The van der Waals surface area contributed by atoms with E-state index in [1.807, 2.05) is 19.1 Å². The Morgan fingerprint density at radius 3 is 2.69 bits per heavy atom. The lowest BCUT2D eigenvalue weighted by Crippen LogP contribution is -1.89. The minimum Gasteiger partial charge on any atom is -0.496 e. The Bertz CT molecular complexity index is 300. The third-order valence-electron chi connectivity index (χ3n) is 2.05. The van der Waals surface area contributed by atoms with Crippen molar-refractivity contribution in [2.75, 3.05) is 7.11 Å². The van der Waals surface area contributed by atoms with Gasteiger partial charge in [0.2, 0.25) is 0 Å². The van der Waals surface area contributed by atoms with Gasteiger partial charge in [-0.25, -0.2) is 0 Å². The minimum atomic E-state index is 0.940. The third-order valence-corrected chi connectivity index (χ3v) is 2.05. The molecule has 0 spiro atoms. The fourth-order valence-electron chi connectivity index (χ4n) is 1.31. The predicted octanol–water partition coefficient (Wildman–Crippen LogP) is 3.29. The molecule has 0 N–H and O–H groups in total. The molecule has 0 bridgehead atoms. The van der Waals surface area contributed by atoms with Crippen molar-refractivity contribution in [1.29, 1.82) is 0 Å². The van der Waals surface area contributed by atoms with Gasteiger partial charge in [-0.3, -0.25) is 0 Å². The molecule has 0 aliphatic rings. The van der Waals surface area contributed by atoms with Gasteiger partial charge < -0.3 is 4.74 Å². The molecule has 0 unspecified atom stereocenters. The van der Waals surface area contributed by atoms with Gasteiger partial charge >= 0.3 is 0 Å². The van der Waals surface area contributed by atoms with Gasteiger partial charge in [0.25, 0.3) is 0 Å². The van der Waals surface area contributed by atoms with Gasteiger partial charge in [0.1, 0.15) is 5.75 Å². The molecular formula is C12H16O. The molecule has 1 heteroatoms. The lowest BCUT2D eigenvalue weighted by atomic mass is 10.1. The lowest BCUT2D eigenvalue weighted by molar-refractivity contribution is 0.413. The summed E-state index contributed by atoms with van der Waals surface area (Å²) in [7, 11) is 1.70. The van der Waals surface area contributed by atoms with E-state index < -0.39 is 0 Å². The molecule has 1 aromatic rings. The number of aryl methyl sites for hydroxylation is 1. The van der Waals surface area contributed by atoms with Gasteiger partial charge in [-0.2, -0.15) is 0 Å². The van der Waals surface area contributed by atoms with Gasteiger partial charge in [-0.15, -0.1) is 0 Å². The van der Waals surface area contributed by atoms with Gasteiger partial charge in [-0.1, -0.05) is 25.1 Å². The van der Waals surface area contributed by atoms with Crippen molar-refractivity contribution in [3.63, 3.8) is 0 Å². The van der Waals surface area contributed by atoms with E-state index in [0.717, 1.165) is 17.7 Å². The summed E-state index contributed by atoms with van der Waals surface area (Å²) in [5, 5.41) is 0. The van der Waals surface area contributed by atoms with Crippen LogP contribution in [0.15, 0.2) is 24.3 Å². The number of allylic oxidation sites excluding steroid dienone is 1. The number of ether oxygens (including phenoxy) is 1. The number of benzene rings is 1. The number of hydrogen-bond donors (Lipinski definition) is 0. The second-order valence-electron chi connectivity index (χ2n) is 2.93. The first-order chi connectivity index (χ1) is 6.31. The Labute approximate surface area is 80.0 Å². The molecule has 13 heavy (non-hydrogen) atoms. The molecule has 0 heterocycles. The summed E-state index contributed by atoms with van der Waals surface area (Å²) >= 11 is 0. The van der Waals surface area contributed by atoms with Crippen LogP contribution in [0.25, 0.3) is 6.08 Å². The molecule has 0 atom stereocenters. The summed E-state index contributed by atoms with van der Waals surface area (Å²) in [5.74, 6) is 0.940.